The van der Waals surface area contributed by atoms with Crippen molar-refractivity contribution in [2.24, 2.45) is 5.92 Å². The van der Waals surface area contributed by atoms with Gasteiger partial charge in [-0.15, -0.1) is 0 Å². The predicted octanol–water partition coefficient (Wildman–Crippen LogP) is 2.78. The molecule has 0 amide bonds. The molecule has 0 aliphatic heterocycles. The van der Waals surface area contributed by atoms with E-state index in [0.717, 1.165) is 40.7 Å². The Labute approximate surface area is 130 Å². The molecule has 3 rings (SSSR count). The van der Waals surface area contributed by atoms with Crippen LogP contribution in [0.3, 0.4) is 0 Å². The van der Waals surface area contributed by atoms with Crippen LogP contribution in [0.2, 0.25) is 0 Å². The minimum absolute atomic E-state index is 0.0577. The van der Waals surface area contributed by atoms with E-state index in [1.54, 1.807) is 6.20 Å². The van der Waals surface area contributed by atoms with Gasteiger partial charge in [0.05, 0.1) is 30.4 Å². The number of halogens is 1. The van der Waals surface area contributed by atoms with E-state index < -0.39 is 0 Å². The van der Waals surface area contributed by atoms with E-state index in [-0.39, 0.29) is 11.9 Å². The fourth-order valence-electron chi connectivity index (χ4n) is 2.99. The third-order valence-electron chi connectivity index (χ3n) is 4.08. The first-order chi connectivity index (χ1) is 9.70. The van der Waals surface area contributed by atoms with Crippen molar-refractivity contribution in [1.82, 2.24) is 14.4 Å². The summed E-state index contributed by atoms with van der Waals surface area (Å²) >= 11 is 2.25. The molecule has 6 heteroatoms. The smallest absolute Gasteiger partial charge is 0.308 e. The topological polar surface area (TPSA) is 56.5 Å². The van der Waals surface area contributed by atoms with Crippen LogP contribution in [0, 0.1) is 9.75 Å². The van der Waals surface area contributed by atoms with Crippen LogP contribution >= 0.6 is 22.6 Å². The fraction of sp³-hybridized carbons (Fsp3) is 0.500. The Morgan fingerprint density at radius 1 is 1.40 bits per heavy atom. The summed E-state index contributed by atoms with van der Waals surface area (Å²) < 4.78 is 7.86. The van der Waals surface area contributed by atoms with Crippen molar-refractivity contribution in [3.63, 3.8) is 0 Å². The number of imidazole rings is 1. The maximum atomic E-state index is 11.6. The van der Waals surface area contributed by atoms with Crippen molar-refractivity contribution in [3.05, 3.63) is 28.1 Å². The highest BCUT2D eigenvalue weighted by Gasteiger charge is 2.30. The number of hydrogen-bond donors (Lipinski definition) is 0. The van der Waals surface area contributed by atoms with Gasteiger partial charge in [-0.2, -0.15) is 0 Å². The molecule has 2 heterocycles. The minimum atomic E-state index is -0.0746. The molecule has 20 heavy (non-hydrogen) atoms. The number of nitrogens with zero attached hydrogens (tertiary/aromatic N) is 3. The molecule has 0 aromatic carbocycles. The molecule has 106 valence electrons. The van der Waals surface area contributed by atoms with Crippen molar-refractivity contribution >= 4 is 34.1 Å². The van der Waals surface area contributed by atoms with Gasteiger partial charge in [0.2, 0.25) is 0 Å². The summed E-state index contributed by atoms with van der Waals surface area (Å²) in [6.07, 6.45) is 9.31. The zero-order chi connectivity index (χ0) is 14.1. The van der Waals surface area contributed by atoms with Gasteiger partial charge in [0, 0.05) is 40.9 Å². The van der Waals surface area contributed by atoms with E-state index >= 15 is 0 Å². The molecule has 0 atom stereocenters. The molecule has 0 unspecified atom stereocenters. The van der Waals surface area contributed by atoms with Gasteiger partial charge in [0.15, 0.2) is 3.83 Å². The van der Waals surface area contributed by atoms with Crippen LogP contribution in [0.4, 0.5) is 0 Å². The molecule has 1 saturated carbocycles. The number of ether oxygens (including phenoxy) is 1. The summed E-state index contributed by atoms with van der Waals surface area (Å²) in [6, 6.07) is 0. The van der Waals surface area contributed by atoms with E-state index in [0.29, 0.717) is 5.92 Å². The highest BCUT2D eigenvalue weighted by Crippen LogP contribution is 2.37. The number of carbonyl (C=O) groups excluding carboxylic acids is 1. The predicted molar refractivity (Wildman–Crippen MR) is 82.4 cm³/mol. The molecular formula is C14H16IN3O2. The first kappa shape index (κ1) is 13.8. The second-order valence-corrected chi connectivity index (χ2v) is 6.13. The van der Waals surface area contributed by atoms with Crippen molar-refractivity contribution in [3.8, 4) is 0 Å². The third-order valence-corrected chi connectivity index (χ3v) is 4.84. The minimum Gasteiger partial charge on any atom is -0.469 e. The number of aromatic nitrogens is 3. The summed E-state index contributed by atoms with van der Waals surface area (Å²) in [6.45, 7) is 0. The lowest BCUT2D eigenvalue weighted by Crippen LogP contribution is -2.22. The molecule has 0 saturated heterocycles. The van der Waals surface area contributed by atoms with E-state index in [1.165, 1.54) is 7.11 Å². The fourth-order valence-corrected chi connectivity index (χ4v) is 3.67. The molecule has 0 spiro atoms. The summed E-state index contributed by atoms with van der Waals surface area (Å²) in [5.41, 5.74) is 2.20. The molecule has 0 bridgehead atoms. The second-order valence-electron chi connectivity index (χ2n) is 5.17. The molecule has 5 nitrogen and oxygen atoms in total. The largest absolute Gasteiger partial charge is 0.469 e. The van der Waals surface area contributed by atoms with Crippen LogP contribution < -0.4 is 0 Å². The zero-order valence-electron chi connectivity index (χ0n) is 11.3. The lowest BCUT2D eigenvalue weighted by molar-refractivity contribution is -0.146. The van der Waals surface area contributed by atoms with Crippen LogP contribution in [-0.2, 0) is 9.53 Å². The van der Waals surface area contributed by atoms with Crippen molar-refractivity contribution in [2.75, 3.05) is 7.11 Å². The van der Waals surface area contributed by atoms with Gasteiger partial charge in [-0.3, -0.25) is 14.2 Å². The van der Waals surface area contributed by atoms with Crippen LogP contribution in [-0.4, -0.2) is 27.4 Å². The molecule has 0 radical (unpaired) electrons. The second kappa shape index (κ2) is 5.67. The van der Waals surface area contributed by atoms with Crippen LogP contribution in [0.1, 0.15) is 37.3 Å². The molecule has 1 aliphatic carbocycles. The van der Waals surface area contributed by atoms with E-state index in [2.05, 4.69) is 32.0 Å². The molecular weight excluding hydrogens is 369 g/mol. The molecule has 1 aliphatic rings. The van der Waals surface area contributed by atoms with Gasteiger partial charge in [-0.1, -0.05) is 0 Å². The maximum absolute atomic E-state index is 11.6. The van der Waals surface area contributed by atoms with Crippen LogP contribution in [0.25, 0.3) is 5.52 Å². The van der Waals surface area contributed by atoms with Crippen LogP contribution in [0.5, 0.6) is 0 Å². The van der Waals surface area contributed by atoms with E-state index in [4.69, 9.17) is 9.72 Å². The molecule has 2 aromatic rings. The highest BCUT2D eigenvalue weighted by atomic mass is 127. The van der Waals surface area contributed by atoms with Gasteiger partial charge < -0.3 is 4.74 Å². The maximum Gasteiger partial charge on any atom is 0.308 e. The monoisotopic (exact) mass is 385 g/mol. The average molecular weight is 385 g/mol. The Kier molecular flexibility index (Phi) is 3.91. The Morgan fingerprint density at radius 3 is 2.85 bits per heavy atom. The van der Waals surface area contributed by atoms with Crippen molar-refractivity contribution in [1.29, 1.82) is 0 Å². The first-order valence-electron chi connectivity index (χ1n) is 6.76. The van der Waals surface area contributed by atoms with Gasteiger partial charge in [-0.05, 0) is 25.7 Å². The number of methoxy groups -OCH3 is 1. The van der Waals surface area contributed by atoms with Gasteiger partial charge in [0.25, 0.3) is 0 Å². The van der Waals surface area contributed by atoms with Crippen LogP contribution in [0.15, 0.2) is 18.6 Å². The van der Waals surface area contributed by atoms with Crippen molar-refractivity contribution in [2.45, 2.75) is 31.6 Å². The first-order valence-corrected chi connectivity index (χ1v) is 7.84. The Balaban J connectivity index is 1.82. The summed E-state index contributed by atoms with van der Waals surface area (Å²) in [4.78, 5) is 20.5. The van der Waals surface area contributed by atoms with E-state index in [1.807, 2.05) is 12.4 Å². The normalized spacial score (nSPS) is 22.9. The Hall–Kier alpha value is -1.18. The average Bonchev–Trinajstić information content (AvgIpc) is 2.84. The SMILES string of the molecule is COC(=O)C1CCC(c2nc(I)n3ccncc23)CC1. The summed E-state index contributed by atoms with van der Waals surface area (Å²) in [5.74, 6) is 0.398. The third kappa shape index (κ3) is 2.41. The van der Waals surface area contributed by atoms with Gasteiger partial charge >= 0.3 is 5.97 Å². The summed E-state index contributed by atoms with van der Waals surface area (Å²) in [7, 11) is 1.46. The zero-order valence-corrected chi connectivity index (χ0v) is 13.4. The van der Waals surface area contributed by atoms with Gasteiger partial charge in [0.1, 0.15) is 0 Å². The Bertz CT molecular complexity index is 632. The number of rotatable bonds is 2. The molecule has 0 N–H and O–H groups in total. The lowest BCUT2D eigenvalue weighted by atomic mass is 9.80. The Morgan fingerprint density at radius 2 is 2.15 bits per heavy atom. The number of esters is 1. The summed E-state index contributed by atoms with van der Waals surface area (Å²) in [5, 5.41) is 0. The number of fused-ring (bicyclic) bond motifs is 1. The van der Waals surface area contributed by atoms with Gasteiger partial charge in [-0.25, -0.2) is 4.98 Å². The lowest BCUT2D eigenvalue weighted by Gasteiger charge is -2.25. The number of hydrogen-bond acceptors (Lipinski definition) is 4. The molecule has 2 aromatic heterocycles. The molecule has 1 fully saturated rings. The standard InChI is InChI=1S/C14H16IN3O2/c1-20-13(19)10-4-2-9(3-5-10)12-11-8-16-6-7-18(11)14(15)17-12/h6-10H,2-5H2,1H3. The number of carbonyl (C=O) groups is 1. The van der Waals surface area contributed by atoms with E-state index in [9.17, 15) is 4.79 Å². The quantitative estimate of drug-likeness (QED) is 0.590. The van der Waals surface area contributed by atoms with Crippen molar-refractivity contribution < 1.29 is 9.53 Å². The highest BCUT2D eigenvalue weighted by molar-refractivity contribution is 14.1.